The van der Waals surface area contributed by atoms with Crippen molar-refractivity contribution in [2.45, 2.75) is 0 Å². The Morgan fingerprint density at radius 3 is 2.92 bits per heavy atom. The number of H-pyrrole nitrogens is 1. The molecule has 0 fully saturated rings. The monoisotopic (exact) mass is 335 g/mol. The lowest BCUT2D eigenvalue weighted by molar-refractivity contribution is -0.119. The summed E-state index contributed by atoms with van der Waals surface area (Å²) >= 11 is 0. The Balaban J connectivity index is 1.74. The Bertz CT molecular complexity index is 1040. The number of nitrogens with zero attached hydrogens (tertiary/aromatic N) is 5. The first kappa shape index (κ1) is 14.8. The molecule has 0 saturated carbocycles. The van der Waals surface area contributed by atoms with Crippen molar-refractivity contribution < 1.29 is 9.53 Å². The predicted octanol–water partition coefficient (Wildman–Crippen LogP) is 1.07. The van der Waals surface area contributed by atoms with E-state index in [2.05, 4.69) is 25.5 Å². The molecule has 124 valence electrons. The van der Waals surface area contributed by atoms with Gasteiger partial charge in [-0.1, -0.05) is 12.1 Å². The number of hydrogen-bond donors (Lipinski definition) is 2. The smallest absolute Gasteiger partial charge is 0.255 e. The fraction of sp³-hybridized carbons (Fsp3) is 0.0625. The van der Waals surface area contributed by atoms with E-state index < -0.39 is 5.91 Å². The number of primary amides is 1. The highest BCUT2D eigenvalue weighted by atomic mass is 16.5. The third-order valence-electron chi connectivity index (χ3n) is 3.59. The van der Waals surface area contributed by atoms with Gasteiger partial charge in [-0.05, 0) is 40.8 Å². The van der Waals surface area contributed by atoms with E-state index in [1.165, 1.54) is 6.33 Å². The summed E-state index contributed by atoms with van der Waals surface area (Å²) in [6.07, 6.45) is 1.52. The Morgan fingerprint density at radius 1 is 1.24 bits per heavy atom. The summed E-state index contributed by atoms with van der Waals surface area (Å²) in [5, 5.41) is 11.1. The predicted molar refractivity (Wildman–Crippen MR) is 88.9 cm³/mol. The fourth-order valence-electron chi connectivity index (χ4n) is 2.48. The lowest BCUT2D eigenvalue weighted by atomic mass is 10.2. The van der Waals surface area contributed by atoms with Gasteiger partial charge >= 0.3 is 0 Å². The highest BCUT2D eigenvalue weighted by Crippen LogP contribution is 2.29. The number of carbonyl (C=O) groups is 1. The topological polar surface area (TPSA) is 125 Å². The van der Waals surface area contributed by atoms with Crippen LogP contribution in [0.3, 0.4) is 0 Å². The summed E-state index contributed by atoms with van der Waals surface area (Å²) in [6.45, 7) is -0.194. The Kier molecular flexibility index (Phi) is 3.58. The minimum absolute atomic E-state index is 0.194. The molecule has 0 radical (unpaired) electrons. The molecular formula is C16H13N7O2. The normalized spacial score (nSPS) is 10.9. The molecule has 0 saturated heterocycles. The second-order valence-electron chi connectivity index (χ2n) is 5.29. The SMILES string of the molecule is NC(=O)COc1ccccc1-c1nc2ccc(-n3cnnn3)cc2[nH]1. The van der Waals surface area contributed by atoms with Crippen LogP contribution in [0.4, 0.5) is 0 Å². The van der Waals surface area contributed by atoms with Gasteiger partial charge in [-0.2, -0.15) is 0 Å². The molecule has 2 aromatic carbocycles. The van der Waals surface area contributed by atoms with Gasteiger partial charge in [0.2, 0.25) is 0 Å². The fourth-order valence-corrected chi connectivity index (χ4v) is 2.48. The summed E-state index contributed by atoms with van der Waals surface area (Å²) < 4.78 is 7.03. The summed E-state index contributed by atoms with van der Waals surface area (Å²) in [5.41, 5.74) is 8.31. The zero-order valence-electron chi connectivity index (χ0n) is 13.0. The molecule has 2 aromatic heterocycles. The number of para-hydroxylation sites is 1. The first-order valence-electron chi connectivity index (χ1n) is 7.44. The van der Waals surface area contributed by atoms with Crippen molar-refractivity contribution in [3.8, 4) is 22.8 Å². The van der Waals surface area contributed by atoms with Crippen LogP contribution in [-0.2, 0) is 4.79 Å². The van der Waals surface area contributed by atoms with Crippen LogP contribution in [0, 0.1) is 0 Å². The number of fused-ring (bicyclic) bond motifs is 1. The van der Waals surface area contributed by atoms with Gasteiger partial charge in [0.1, 0.15) is 17.9 Å². The summed E-state index contributed by atoms with van der Waals surface area (Å²) in [7, 11) is 0. The number of imidazole rings is 1. The molecule has 0 atom stereocenters. The van der Waals surface area contributed by atoms with E-state index in [0.29, 0.717) is 11.6 Å². The van der Waals surface area contributed by atoms with Crippen LogP contribution in [0.2, 0.25) is 0 Å². The highest BCUT2D eigenvalue weighted by molar-refractivity contribution is 5.82. The maximum atomic E-state index is 11.0. The van der Waals surface area contributed by atoms with Gasteiger partial charge in [0, 0.05) is 0 Å². The molecule has 4 rings (SSSR count). The van der Waals surface area contributed by atoms with Crippen molar-refractivity contribution in [2.75, 3.05) is 6.61 Å². The molecule has 25 heavy (non-hydrogen) atoms. The molecule has 0 unspecified atom stereocenters. The number of nitrogens with two attached hydrogens (primary N) is 1. The van der Waals surface area contributed by atoms with Crippen LogP contribution in [0.25, 0.3) is 28.1 Å². The average Bonchev–Trinajstić information content (AvgIpc) is 3.28. The third-order valence-corrected chi connectivity index (χ3v) is 3.59. The number of hydrogen-bond acceptors (Lipinski definition) is 6. The van der Waals surface area contributed by atoms with E-state index in [1.54, 1.807) is 10.7 Å². The third kappa shape index (κ3) is 2.90. The Morgan fingerprint density at radius 2 is 2.12 bits per heavy atom. The second-order valence-corrected chi connectivity index (χ2v) is 5.29. The number of aromatic nitrogens is 6. The number of aromatic amines is 1. The molecule has 2 heterocycles. The largest absolute Gasteiger partial charge is 0.483 e. The summed E-state index contributed by atoms with van der Waals surface area (Å²) in [6, 6.07) is 13.0. The summed E-state index contributed by atoms with van der Waals surface area (Å²) in [5.74, 6) is 0.621. The van der Waals surface area contributed by atoms with Gasteiger partial charge in [-0.25, -0.2) is 9.67 Å². The zero-order valence-corrected chi connectivity index (χ0v) is 13.0. The van der Waals surface area contributed by atoms with Crippen LogP contribution in [0.5, 0.6) is 5.75 Å². The zero-order chi connectivity index (χ0) is 17.2. The number of rotatable bonds is 5. The van der Waals surface area contributed by atoms with Crippen molar-refractivity contribution in [2.24, 2.45) is 5.73 Å². The molecule has 1 amide bonds. The van der Waals surface area contributed by atoms with Crippen molar-refractivity contribution in [1.29, 1.82) is 0 Å². The van der Waals surface area contributed by atoms with Crippen LogP contribution in [0.1, 0.15) is 0 Å². The van der Waals surface area contributed by atoms with Crippen LogP contribution < -0.4 is 10.5 Å². The van der Waals surface area contributed by atoms with Gasteiger partial charge in [0.15, 0.2) is 6.61 Å². The first-order chi connectivity index (χ1) is 12.2. The van der Waals surface area contributed by atoms with Gasteiger partial charge in [0.05, 0.1) is 22.3 Å². The van der Waals surface area contributed by atoms with Crippen molar-refractivity contribution in [3.63, 3.8) is 0 Å². The van der Waals surface area contributed by atoms with Crippen molar-refractivity contribution in [1.82, 2.24) is 30.2 Å². The lowest BCUT2D eigenvalue weighted by Crippen LogP contribution is -2.20. The van der Waals surface area contributed by atoms with Crippen LogP contribution in [-0.4, -0.2) is 42.7 Å². The molecule has 9 heteroatoms. The van der Waals surface area contributed by atoms with Crippen LogP contribution >= 0.6 is 0 Å². The average molecular weight is 335 g/mol. The molecule has 0 aliphatic carbocycles. The minimum Gasteiger partial charge on any atom is -0.483 e. The first-order valence-corrected chi connectivity index (χ1v) is 7.44. The molecule has 0 aliphatic rings. The number of carbonyl (C=O) groups excluding carboxylic acids is 1. The molecular weight excluding hydrogens is 322 g/mol. The molecule has 9 nitrogen and oxygen atoms in total. The van der Waals surface area contributed by atoms with E-state index in [9.17, 15) is 4.79 Å². The van der Waals surface area contributed by atoms with Gasteiger partial charge in [-0.3, -0.25) is 4.79 Å². The number of nitrogens with one attached hydrogen (secondary N) is 1. The second kappa shape index (κ2) is 6.04. The lowest BCUT2D eigenvalue weighted by Gasteiger charge is -2.07. The van der Waals surface area contributed by atoms with E-state index in [0.717, 1.165) is 22.3 Å². The Labute approximate surface area is 141 Å². The molecule has 0 spiro atoms. The molecule has 3 N–H and O–H groups in total. The highest BCUT2D eigenvalue weighted by Gasteiger charge is 2.12. The van der Waals surface area contributed by atoms with Crippen LogP contribution in [0.15, 0.2) is 48.8 Å². The van der Waals surface area contributed by atoms with Gasteiger partial charge in [-0.15, -0.1) is 5.10 Å². The quantitative estimate of drug-likeness (QED) is 0.562. The number of tetrazole rings is 1. The summed E-state index contributed by atoms with van der Waals surface area (Å²) in [4.78, 5) is 18.8. The number of benzene rings is 2. The van der Waals surface area contributed by atoms with Gasteiger partial charge in [0.25, 0.3) is 5.91 Å². The standard InChI is InChI=1S/C16H13N7O2/c17-15(24)8-25-14-4-2-1-3-11(14)16-19-12-6-5-10(7-13(12)20-16)23-9-18-21-22-23/h1-7,9H,8H2,(H2,17,24)(H,19,20). The van der Waals surface area contributed by atoms with Gasteiger partial charge < -0.3 is 15.5 Å². The minimum atomic E-state index is -0.537. The molecule has 0 aliphatic heterocycles. The number of amides is 1. The maximum absolute atomic E-state index is 11.0. The number of ether oxygens (including phenoxy) is 1. The van der Waals surface area contributed by atoms with E-state index in [4.69, 9.17) is 10.5 Å². The van der Waals surface area contributed by atoms with Crippen molar-refractivity contribution in [3.05, 3.63) is 48.8 Å². The Hall–Kier alpha value is -3.75. The van der Waals surface area contributed by atoms with E-state index in [-0.39, 0.29) is 6.61 Å². The molecule has 0 bridgehead atoms. The molecule has 4 aromatic rings. The maximum Gasteiger partial charge on any atom is 0.255 e. The van der Waals surface area contributed by atoms with E-state index in [1.807, 2.05) is 36.4 Å². The van der Waals surface area contributed by atoms with Crippen molar-refractivity contribution >= 4 is 16.9 Å². The van der Waals surface area contributed by atoms with E-state index >= 15 is 0 Å².